The van der Waals surface area contributed by atoms with Crippen molar-refractivity contribution in [1.82, 2.24) is 45.4 Å². The van der Waals surface area contributed by atoms with E-state index in [1.54, 1.807) is 7.05 Å². The van der Waals surface area contributed by atoms with Crippen molar-refractivity contribution in [1.29, 1.82) is 5.41 Å². The number of aromatic nitrogens is 5. The molecule has 19 heteroatoms. The number of carbonyl (C=O) groups excluding carboxylic acids is 3. The lowest BCUT2D eigenvalue weighted by Crippen LogP contribution is -2.74. The summed E-state index contributed by atoms with van der Waals surface area (Å²) in [5.41, 5.74) is 5.44. The first kappa shape index (κ1) is 25.0. The number of carboxylic acid groups (broad SMARTS) is 1. The number of carbonyl (C=O) groups is 4. The van der Waals surface area contributed by atoms with E-state index >= 15 is 0 Å². The van der Waals surface area contributed by atoms with Gasteiger partial charge in [-0.25, -0.2) is 29.3 Å². The zero-order valence-corrected chi connectivity index (χ0v) is 21.5. The lowest BCUT2D eigenvalue weighted by Gasteiger charge is -2.53. The van der Waals surface area contributed by atoms with Crippen LogP contribution in [-0.2, 0) is 21.4 Å². The molecule has 194 valence electrons. The van der Waals surface area contributed by atoms with E-state index in [1.807, 2.05) is 0 Å². The van der Waals surface area contributed by atoms with Gasteiger partial charge in [0.25, 0.3) is 11.8 Å². The van der Waals surface area contributed by atoms with Crippen molar-refractivity contribution in [2.45, 2.75) is 16.6 Å². The molecule has 3 aliphatic rings. The second-order valence-electron chi connectivity index (χ2n) is 7.94. The summed E-state index contributed by atoms with van der Waals surface area (Å²) in [5.74, 6) is -2.38. The van der Waals surface area contributed by atoms with Gasteiger partial charge in [-0.1, -0.05) is 11.8 Å². The SMILES string of the molecule is Cn1nnnc1SCC1=C(C(=O)O)N2C(=O)C(N(C(=O)C(=N)c3csc(N)n3)N3CCNC3=O)[C@H]2SC1. The third-order valence-corrected chi connectivity index (χ3v) is 8.83. The number of tetrazole rings is 1. The molecule has 2 aromatic rings. The largest absolute Gasteiger partial charge is 0.477 e. The molecule has 2 saturated heterocycles. The molecule has 0 bridgehead atoms. The first-order chi connectivity index (χ1) is 17.7. The maximum absolute atomic E-state index is 13.5. The molecule has 5 rings (SSSR count). The summed E-state index contributed by atoms with van der Waals surface area (Å²) in [5, 5.41) is 35.4. The van der Waals surface area contributed by atoms with E-state index in [-0.39, 0.29) is 41.1 Å². The number of aliphatic carboxylic acids is 1. The maximum Gasteiger partial charge on any atom is 0.352 e. The quantitative estimate of drug-likeness (QED) is 0.169. The number of thiazole rings is 1. The second kappa shape index (κ2) is 9.63. The third-order valence-electron chi connectivity index (χ3n) is 5.74. The predicted octanol–water partition coefficient (Wildman–Crippen LogP) is -1.20. The van der Waals surface area contributed by atoms with Crippen LogP contribution in [0.5, 0.6) is 0 Å². The summed E-state index contributed by atoms with van der Waals surface area (Å²) in [6, 6.07) is -1.79. The first-order valence-electron chi connectivity index (χ1n) is 10.6. The second-order valence-corrected chi connectivity index (χ2v) is 10.9. The average Bonchev–Trinajstić information content (AvgIpc) is 3.60. The van der Waals surface area contributed by atoms with Crippen LogP contribution in [0.25, 0.3) is 0 Å². The zero-order valence-electron chi connectivity index (χ0n) is 19.0. The minimum absolute atomic E-state index is 0.0146. The van der Waals surface area contributed by atoms with E-state index in [4.69, 9.17) is 11.1 Å². The van der Waals surface area contributed by atoms with Crippen molar-refractivity contribution in [3.63, 3.8) is 0 Å². The minimum atomic E-state index is -1.29. The molecule has 5 heterocycles. The number of fused-ring (bicyclic) bond motifs is 1. The molecular weight excluding hydrogens is 546 g/mol. The predicted molar refractivity (Wildman–Crippen MR) is 131 cm³/mol. The van der Waals surface area contributed by atoms with Crippen LogP contribution < -0.4 is 11.1 Å². The Morgan fingerprint density at radius 2 is 2.19 bits per heavy atom. The monoisotopic (exact) mass is 565 g/mol. The number of β-lactam (4-membered cyclic amide) rings is 1. The molecule has 0 aliphatic carbocycles. The zero-order chi connectivity index (χ0) is 26.4. The summed E-state index contributed by atoms with van der Waals surface area (Å²) in [7, 11) is 1.65. The molecule has 0 radical (unpaired) electrons. The third kappa shape index (κ3) is 4.27. The summed E-state index contributed by atoms with van der Waals surface area (Å²) in [4.78, 5) is 56.7. The highest BCUT2D eigenvalue weighted by atomic mass is 32.2. The molecule has 5 N–H and O–H groups in total. The number of amides is 4. The standard InChI is InChI=1S/C18H19N11O5S3/c1-26-18(23-24-25-26)37-5-7-4-35-14-11(13(31)28(14)10(7)15(32)33)29(27-3-2-21-17(27)34)12(30)9(19)8-6-36-16(20)22-8/h6,11,14,19H,2-5H2,1H3,(H2,20,22)(H,21,34)(H,32,33)/t11?,14-/m1/s1. The Morgan fingerprint density at radius 3 is 2.78 bits per heavy atom. The molecule has 0 saturated carbocycles. The number of hydrazine groups is 1. The Balaban J connectivity index is 1.43. The van der Waals surface area contributed by atoms with Crippen molar-refractivity contribution in [3.8, 4) is 0 Å². The van der Waals surface area contributed by atoms with Gasteiger partial charge in [0.05, 0.1) is 6.54 Å². The van der Waals surface area contributed by atoms with E-state index in [0.29, 0.717) is 10.7 Å². The highest BCUT2D eigenvalue weighted by Crippen LogP contribution is 2.44. The molecule has 0 spiro atoms. The van der Waals surface area contributed by atoms with Crippen molar-refractivity contribution in [2.24, 2.45) is 7.05 Å². The van der Waals surface area contributed by atoms with Gasteiger partial charge in [0.15, 0.2) is 11.2 Å². The summed E-state index contributed by atoms with van der Waals surface area (Å²) < 4.78 is 1.45. The van der Waals surface area contributed by atoms with E-state index < -0.39 is 40.9 Å². The number of thioether (sulfide) groups is 2. The molecule has 2 fully saturated rings. The summed E-state index contributed by atoms with van der Waals surface area (Å²) in [6.07, 6.45) is 0. The average molecular weight is 566 g/mol. The number of nitrogen functional groups attached to an aromatic ring is 1. The Labute approximate surface area is 220 Å². The van der Waals surface area contributed by atoms with Gasteiger partial charge >= 0.3 is 12.0 Å². The van der Waals surface area contributed by atoms with Gasteiger partial charge in [-0.3, -0.25) is 19.9 Å². The molecular formula is C18H19N11O5S3. The van der Waals surface area contributed by atoms with Gasteiger partial charge in [-0.15, -0.1) is 28.2 Å². The Bertz CT molecular complexity index is 1360. The number of anilines is 1. The van der Waals surface area contributed by atoms with Gasteiger partial charge in [0.2, 0.25) is 5.16 Å². The lowest BCUT2D eigenvalue weighted by molar-refractivity contribution is -0.169. The van der Waals surface area contributed by atoms with Gasteiger partial charge in [0, 0.05) is 30.5 Å². The number of urea groups is 1. The molecule has 37 heavy (non-hydrogen) atoms. The Kier molecular flexibility index (Phi) is 6.50. The van der Waals surface area contributed by atoms with Crippen molar-refractivity contribution >= 4 is 69.5 Å². The summed E-state index contributed by atoms with van der Waals surface area (Å²) >= 11 is 3.54. The van der Waals surface area contributed by atoms with Crippen LogP contribution in [-0.4, -0.2) is 111 Å². The number of carboxylic acids is 1. The molecule has 2 aromatic heterocycles. The normalized spacial score (nSPS) is 21.0. The maximum atomic E-state index is 13.5. The van der Waals surface area contributed by atoms with Crippen LogP contribution in [0.3, 0.4) is 0 Å². The van der Waals surface area contributed by atoms with Gasteiger partial charge in [-0.05, 0) is 16.0 Å². The van der Waals surface area contributed by atoms with E-state index in [2.05, 4.69) is 25.8 Å². The number of nitrogens with two attached hydrogens (primary N) is 1. The van der Waals surface area contributed by atoms with Crippen LogP contribution in [0.2, 0.25) is 0 Å². The van der Waals surface area contributed by atoms with Crippen LogP contribution in [0.15, 0.2) is 21.8 Å². The van der Waals surface area contributed by atoms with Gasteiger partial charge in [0.1, 0.15) is 22.5 Å². The Hall–Kier alpha value is -3.71. The molecule has 0 aromatic carbocycles. The van der Waals surface area contributed by atoms with Gasteiger partial charge in [-0.2, -0.15) is 0 Å². The first-order valence-corrected chi connectivity index (χ1v) is 13.5. The number of aryl methyl sites for hydroxylation is 1. The van der Waals surface area contributed by atoms with Crippen molar-refractivity contribution in [3.05, 3.63) is 22.3 Å². The van der Waals surface area contributed by atoms with Gasteiger partial charge < -0.3 is 16.2 Å². The highest BCUT2D eigenvalue weighted by Gasteiger charge is 2.59. The molecule has 2 atom stereocenters. The molecule has 4 amide bonds. The van der Waals surface area contributed by atoms with Crippen LogP contribution in [0.4, 0.5) is 9.93 Å². The van der Waals surface area contributed by atoms with Crippen LogP contribution >= 0.6 is 34.9 Å². The number of rotatable bonds is 8. The number of hydrogen-bond acceptors (Lipinski definition) is 13. The fourth-order valence-corrected chi connectivity index (χ4v) is 6.97. The number of hydrogen-bond donors (Lipinski definition) is 4. The topological polar surface area (TPSA) is 217 Å². The fourth-order valence-electron chi connectivity index (χ4n) is 4.04. The lowest BCUT2D eigenvalue weighted by atomic mass is 10.0. The van der Waals surface area contributed by atoms with E-state index in [9.17, 15) is 24.3 Å². The molecule has 1 unspecified atom stereocenters. The van der Waals surface area contributed by atoms with Crippen molar-refractivity contribution in [2.75, 3.05) is 30.3 Å². The fraction of sp³-hybridized carbons (Fsp3) is 0.389. The number of nitrogens with one attached hydrogen (secondary N) is 2. The van der Waals surface area contributed by atoms with Crippen LogP contribution in [0, 0.1) is 5.41 Å². The summed E-state index contributed by atoms with van der Waals surface area (Å²) in [6.45, 7) is 0.327. The minimum Gasteiger partial charge on any atom is -0.477 e. The molecule has 3 aliphatic heterocycles. The van der Waals surface area contributed by atoms with Crippen LogP contribution in [0.1, 0.15) is 5.69 Å². The molecule has 16 nitrogen and oxygen atoms in total. The van der Waals surface area contributed by atoms with Crippen molar-refractivity contribution < 1.29 is 24.3 Å². The highest BCUT2D eigenvalue weighted by molar-refractivity contribution is 8.01. The van der Waals surface area contributed by atoms with E-state index in [0.717, 1.165) is 26.3 Å². The smallest absolute Gasteiger partial charge is 0.352 e. The Morgan fingerprint density at radius 1 is 1.41 bits per heavy atom. The number of nitrogens with zero attached hydrogens (tertiary/aromatic N) is 8. The van der Waals surface area contributed by atoms with E-state index in [1.165, 1.54) is 33.6 Å².